The normalized spacial score (nSPS) is 13.2. The number of hydrogen-bond donors (Lipinski definition) is 0. The molecule has 3 rings (SSSR count). The van der Waals surface area contributed by atoms with E-state index in [1.807, 2.05) is 0 Å². The van der Waals surface area contributed by atoms with Crippen LogP contribution in [0.3, 0.4) is 0 Å². The smallest absolute Gasteiger partial charge is 0.357 e. The largest absolute Gasteiger partial charge is 0.491 e. The lowest BCUT2D eigenvalue weighted by Crippen LogP contribution is -2.38. The molecule has 0 radical (unpaired) electrons. The lowest BCUT2D eigenvalue weighted by molar-refractivity contribution is 0.0589. The van der Waals surface area contributed by atoms with E-state index in [-0.39, 0.29) is 34.6 Å². The van der Waals surface area contributed by atoms with Crippen molar-refractivity contribution in [3.05, 3.63) is 52.5 Å². The fourth-order valence-corrected chi connectivity index (χ4v) is 3.11. The summed E-state index contributed by atoms with van der Waals surface area (Å²) in [5, 5.41) is 0. The Hall–Kier alpha value is -3.16. The first-order chi connectivity index (χ1) is 13.0. The molecule has 0 saturated carbocycles. The molecule has 0 spiro atoms. The average Bonchev–Trinajstić information content (AvgIpc) is 2.69. The van der Waals surface area contributed by atoms with Gasteiger partial charge in [-0.1, -0.05) is 12.1 Å². The first-order valence-electron chi connectivity index (χ1n) is 8.27. The first kappa shape index (κ1) is 18.6. The van der Waals surface area contributed by atoms with Gasteiger partial charge in [0.15, 0.2) is 11.4 Å². The van der Waals surface area contributed by atoms with Gasteiger partial charge in [-0.3, -0.25) is 4.79 Å². The molecule has 1 aliphatic heterocycles. The third-order valence-electron chi connectivity index (χ3n) is 4.42. The third kappa shape index (κ3) is 3.42. The zero-order valence-corrected chi connectivity index (χ0v) is 15.2. The Morgan fingerprint density at radius 2 is 1.89 bits per heavy atom. The van der Waals surface area contributed by atoms with E-state index in [0.29, 0.717) is 25.1 Å². The van der Waals surface area contributed by atoms with Crippen LogP contribution in [0.5, 0.6) is 11.6 Å². The van der Waals surface area contributed by atoms with Crippen LogP contribution in [-0.4, -0.2) is 49.6 Å². The summed E-state index contributed by atoms with van der Waals surface area (Å²) in [5.74, 6) is -1.09. The fraction of sp³-hybridized carbons (Fsp3) is 0.316. The molecule has 1 aromatic heterocycles. The van der Waals surface area contributed by atoms with Gasteiger partial charge in [-0.25, -0.2) is 14.2 Å². The van der Waals surface area contributed by atoms with Crippen molar-refractivity contribution in [1.82, 2.24) is 9.88 Å². The Bertz CT molecular complexity index is 883. The average molecular weight is 374 g/mol. The molecule has 142 valence electrons. The number of benzene rings is 1. The Balaban J connectivity index is 2.04. The van der Waals surface area contributed by atoms with Gasteiger partial charge < -0.3 is 19.1 Å². The summed E-state index contributed by atoms with van der Waals surface area (Å²) >= 11 is 0. The summed E-state index contributed by atoms with van der Waals surface area (Å²) in [6.07, 6.45) is 0.403. The van der Waals surface area contributed by atoms with Gasteiger partial charge in [-0.2, -0.15) is 0 Å². The Morgan fingerprint density at radius 1 is 1.19 bits per heavy atom. The number of carbonyl (C=O) groups is 2. The first-order valence-corrected chi connectivity index (χ1v) is 8.27. The monoisotopic (exact) mass is 374 g/mol. The van der Waals surface area contributed by atoms with Crippen molar-refractivity contribution in [2.24, 2.45) is 0 Å². The standard InChI is InChI=1S/C19H19FN2O5/c1-25-16-14-13(15(19(24)27-3)21-17(16)26-2)8-9-22(18(14)23)10-11-4-6-12(20)7-5-11/h4-7H,8-10H2,1-3H3. The number of amides is 1. The lowest BCUT2D eigenvalue weighted by Gasteiger charge is -2.30. The van der Waals surface area contributed by atoms with Gasteiger partial charge in [0, 0.05) is 18.7 Å². The van der Waals surface area contributed by atoms with Gasteiger partial charge in [0.25, 0.3) is 11.8 Å². The molecule has 0 saturated heterocycles. The van der Waals surface area contributed by atoms with Crippen LogP contribution in [0, 0.1) is 5.82 Å². The Morgan fingerprint density at radius 3 is 2.48 bits per heavy atom. The van der Waals surface area contributed by atoms with Crippen LogP contribution in [0.1, 0.15) is 32.0 Å². The minimum absolute atomic E-state index is 0.0358. The molecule has 27 heavy (non-hydrogen) atoms. The number of methoxy groups -OCH3 is 3. The summed E-state index contributed by atoms with van der Waals surface area (Å²) < 4.78 is 28.4. The maximum atomic E-state index is 13.1. The van der Waals surface area contributed by atoms with E-state index in [1.54, 1.807) is 17.0 Å². The predicted molar refractivity (Wildman–Crippen MR) is 93.5 cm³/mol. The molecule has 0 fully saturated rings. The van der Waals surface area contributed by atoms with Crippen LogP contribution in [0.2, 0.25) is 0 Å². The molecule has 7 nitrogen and oxygen atoms in total. The highest BCUT2D eigenvalue weighted by atomic mass is 19.1. The van der Waals surface area contributed by atoms with Crippen molar-refractivity contribution in [2.75, 3.05) is 27.9 Å². The number of carbonyl (C=O) groups excluding carboxylic acids is 2. The summed E-state index contributed by atoms with van der Waals surface area (Å²) in [6, 6.07) is 5.95. The van der Waals surface area contributed by atoms with Crippen molar-refractivity contribution >= 4 is 11.9 Å². The molecule has 2 aromatic rings. The minimum Gasteiger partial charge on any atom is -0.491 e. The zero-order chi connectivity index (χ0) is 19.6. The third-order valence-corrected chi connectivity index (χ3v) is 4.42. The van der Waals surface area contributed by atoms with Crippen molar-refractivity contribution in [3.8, 4) is 11.6 Å². The Labute approximate surface area is 155 Å². The highest BCUT2D eigenvalue weighted by molar-refractivity contribution is 6.03. The van der Waals surface area contributed by atoms with Crippen molar-refractivity contribution in [1.29, 1.82) is 0 Å². The van der Waals surface area contributed by atoms with E-state index >= 15 is 0 Å². The van der Waals surface area contributed by atoms with Crippen LogP contribution in [0.4, 0.5) is 4.39 Å². The molecular formula is C19H19FN2O5. The van der Waals surface area contributed by atoms with Crippen molar-refractivity contribution in [3.63, 3.8) is 0 Å². The van der Waals surface area contributed by atoms with E-state index in [2.05, 4.69) is 4.98 Å². The number of nitrogens with zero attached hydrogens (tertiary/aromatic N) is 2. The van der Waals surface area contributed by atoms with Crippen molar-refractivity contribution in [2.45, 2.75) is 13.0 Å². The van der Waals surface area contributed by atoms with Crippen molar-refractivity contribution < 1.29 is 28.2 Å². The van der Waals surface area contributed by atoms with Crippen LogP contribution in [0.15, 0.2) is 24.3 Å². The number of aromatic nitrogens is 1. The summed E-state index contributed by atoms with van der Waals surface area (Å²) in [5.41, 5.74) is 1.54. The topological polar surface area (TPSA) is 78.0 Å². The quantitative estimate of drug-likeness (QED) is 0.747. The molecule has 0 bridgehead atoms. The molecule has 8 heteroatoms. The fourth-order valence-electron chi connectivity index (χ4n) is 3.11. The van der Waals surface area contributed by atoms with Crippen LogP contribution >= 0.6 is 0 Å². The van der Waals surface area contributed by atoms with Gasteiger partial charge >= 0.3 is 5.97 Å². The number of esters is 1. The maximum Gasteiger partial charge on any atom is 0.357 e. The number of ether oxygens (including phenoxy) is 3. The highest BCUT2D eigenvalue weighted by Crippen LogP contribution is 2.37. The molecular weight excluding hydrogens is 355 g/mol. The van der Waals surface area contributed by atoms with Gasteiger partial charge in [0.1, 0.15) is 5.82 Å². The number of pyridine rings is 1. The van der Waals surface area contributed by atoms with E-state index in [9.17, 15) is 14.0 Å². The second-order valence-electron chi connectivity index (χ2n) is 5.95. The number of rotatable bonds is 5. The second kappa shape index (κ2) is 7.61. The lowest BCUT2D eigenvalue weighted by atomic mass is 9.96. The number of hydrogen-bond acceptors (Lipinski definition) is 6. The SMILES string of the molecule is COC(=O)c1nc(OC)c(OC)c2c1CCN(Cc1ccc(F)cc1)C2=O. The molecule has 1 aliphatic rings. The van der Waals surface area contributed by atoms with Gasteiger partial charge in [-0.15, -0.1) is 0 Å². The number of fused-ring (bicyclic) bond motifs is 1. The van der Waals surface area contributed by atoms with Gasteiger partial charge in [0.2, 0.25) is 0 Å². The number of halogens is 1. The molecule has 1 aromatic carbocycles. The van der Waals surface area contributed by atoms with Crippen LogP contribution in [0.25, 0.3) is 0 Å². The molecule has 0 unspecified atom stereocenters. The van der Waals surface area contributed by atoms with Crippen LogP contribution in [-0.2, 0) is 17.7 Å². The minimum atomic E-state index is -0.646. The molecule has 0 aliphatic carbocycles. The van der Waals surface area contributed by atoms with Crippen LogP contribution < -0.4 is 9.47 Å². The van der Waals surface area contributed by atoms with Gasteiger partial charge in [0.05, 0.1) is 26.9 Å². The summed E-state index contributed by atoms with van der Waals surface area (Å²) in [6.45, 7) is 0.685. The molecule has 0 atom stereocenters. The van der Waals surface area contributed by atoms with E-state index in [0.717, 1.165) is 5.56 Å². The molecule has 2 heterocycles. The van der Waals surface area contributed by atoms with Gasteiger partial charge in [-0.05, 0) is 24.1 Å². The summed E-state index contributed by atoms with van der Waals surface area (Å²) in [7, 11) is 4.03. The second-order valence-corrected chi connectivity index (χ2v) is 5.95. The molecule has 0 N–H and O–H groups in total. The van der Waals surface area contributed by atoms with E-state index < -0.39 is 5.97 Å². The molecule has 1 amide bonds. The summed E-state index contributed by atoms with van der Waals surface area (Å²) in [4.78, 5) is 31.0. The van der Waals surface area contributed by atoms with E-state index in [1.165, 1.54) is 33.5 Å². The zero-order valence-electron chi connectivity index (χ0n) is 15.2. The van der Waals surface area contributed by atoms with E-state index in [4.69, 9.17) is 14.2 Å². The predicted octanol–water partition coefficient (Wildman–Crippen LogP) is 2.22. The Kier molecular flexibility index (Phi) is 5.25. The highest BCUT2D eigenvalue weighted by Gasteiger charge is 2.35. The maximum absolute atomic E-state index is 13.1.